The second kappa shape index (κ2) is 4.73. The number of hydrogen-bond donors (Lipinski definition) is 1. The Balaban J connectivity index is 1.79. The summed E-state index contributed by atoms with van der Waals surface area (Å²) in [6, 6.07) is 4.96. The van der Waals surface area contributed by atoms with E-state index in [1.54, 1.807) is 34.4 Å². The van der Waals surface area contributed by atoms with Gasteiger partial charge in [0, 0.05) is 19.1 Å². The lowest BCUT2D eigenvalue weighted by Crippen LogP contribution is -2.34. The van der Waals surface area contributed by atoms with Crippen LogP contribution < -0.4 is 10.4 Å². The highest BCUT2D eigenvalue weighted by Crippen LogP contribution is 2.46. The van der Waals surface area contributed by atoms with Gasteiger partial charge in [0.05, 0.1) is 15.9 Å². The third kappa shape index (κ3) is 2.59. The molecule has 1 N–H and O–H groups in total. The number of nitrogens with zero attached hydrogens (tertiary/aromatic N) is 2. The van der Waals surface area contributed by atoms with Gasteiger partial charge in [0.15, 0.2) is 0 Å². The molecule has 0 bridgehead atoms. The van der Waals surface area contributed by atoms with Gasteiger partial charge < -0.3 is 0 Å². The average molecular weight is 349 g/mol. The molecule has 0 aliphatic heterocycles. The van der Waals surface area contributed by atoms with Crippen LogP contribution in [0.5, 0.6) is 0 Å². The van der Waals surface area contributed by atoms with E-state index in [1.807, 2.05) is 6.92 Å². The molecular weight excluding hydrogens is 326 g/mol. The molecule has 0 radical (unpaired) electrons. The Morgan fingerprint density at radius 2 is 1.79 bits per heavy atom. The van der Waals surface area contributed by atoms with Crippen molar-refractivity contribution in [1.82, 2.24) is 13.9 Å². The van der Waals surface area contributed by atoms with Gasteiger partial charge in [-0.05, 0) is 56.2 Å². The number of imidazole rings is 1. The molecule has 0 unspecified atom stereocenters. The molecule has 4 rings (SSSR count). The lowest BCUT2D eigenvalue weighted by molar-refractivity contribution is 0.460. The predicted octanol–water partition coefficient (Wildman–Crippen LogP) is 1.97. The van der Waals surface area contributed by atoms with Crippen molar-refractivity contribution < 1.29 is 8.42 Å². The van der Waals surface area contributed by atoms with E-state index in [9.17, 15) is 13.2 Å². The molecule has 0 atom stereocenters. The molecular formula is C17H23N3O3S. The number of fused-ring (bicyclic) bond motifs is 1. The van der Waals surface area contributed by atoms with Crippen molar-refractivity contribution in [2.45, 2.75) is 56.5 Å². The molecule has 2 fully saturated rings. The molecule has 6 nitrogen and oxygen atoms in total. The molecule has 1 aromatic carbocycles. The molecule has 7 heteroatoms. The average Bonchev–Trinajstić information content (AvgIpc) is 3.41. The summed E-state index contributed by atoms with van der Waals surface area (Å²) in [4.78, 5) is 12.8. The fourth-order valence-electron chi connectivity index (χ4n) is 3.13. The largest absolute Gasteiger partial charge is 0.328 e. The summed E-state index contributed by atoms with van der Waals surface area (Å²) in [6.07, 6.45) is 3.99. The topological polar surface area (TPSA) is 73.1 Å². The summed E-state index contributed by atoms with van der Waals surface area (Å²) in [6.45, 7) is 4.77. The smallest absolute Gasteiger partial charge is 0.295 e. The SMILES string of the molecule is Cn1c(=O)n(CC2(C)CC2)c2ccc(S(=O)(=O)NC3(C)CC3)cc21. The van der Waals surface area contributed by atoms with E-state index in [0.717, 1.165) is 31.2 Å². The van der Waals surface area contributed by atoms with Crippen molar-refractivity contribution in [2.75, 3.05) is 0 Å². The normalized spacial score (nSPS) is 21.1. The highest BCUT2D eigenvalue weighted by molar-refractivity contribution is 7.89. The number of nitrogens with one attached hydrogen (secondary N) is 1. The Morgan fingerprint density at radius 3 is 2.38 bits per heavy atom. The van der Waals surface area contributed by atoms with Gasteiger partial charge in [0.2, 0.25) is 10.0 Å². The molecule has 2 saturated carbocycles. The minimum absolute atomic E-state index is 0.0882. The first kappa shape index (κ1) is 15.9. The molecule has 130 valence electrons. The molecule has 1 heterocycles. The predicted molar refractivity (Wildman–Crippen MR) is 92.5 cm³/mol. The van der Waals surface area contributed by atoms with Crippen LogP contribution in [-0.4, -0.2) is 23.1 Å². The van der Waals surface area contributed by atoms with E-state index in [1.165, 1.54) is 0 Å². The highest BCUT2D eigenvalue weighted by Gasteiger charge is 2.41. The van der Waals surface area contributed by atoms with Crippen molar-refractivity contribution in [3.63, 3.8) is 0 Å². The number of aromatic nitrogens is 2. The Morgan fingerprint density at radius 1 is 1.12 bits per heavy atom. The quantitative estimate of drug-likeness (QED) is 0.897. The standard InChI is InChI=1S/C17H23N3O3S/c1-16(6-7-16)11-20-13-5-4-12(10-14(13)19(3)15(20)21)24(22,23)18-17(2)8-9-17/h4-5,10,18H,6-9,11H2,1-3H3. The Bertz CT molecular complexity index is 992. The number of sulfonamides is 1. The van der Waals surface area contributed by atoms with Crippen LogP contribution in [0, 0.1) is 5.41 Å². The van der Waals surface area contributed by atoms with Gasteiger partial charge >= 0.3 is 5.69 Å². The van der Waals surface area contributed by atoms with Crippen LogP contribution in [0.1, 0.15) is 39.5 Å². The maximum atomic E-state index is 12.6. The Hall–Kier alpha value is -1.60. The highest BCUT2D eigenvalue weighted by atomic mass is 32.2. The zero-order chi connectivity index (χ0) is 17.3. The van der Waals surface area contributed by atoms with Gasteiger partial charge in [-0.2, -0.15) is 0 Å². The zero-order valence-corrected chi connectivity index (χ0v) is 15.1. The summed E-state index contributed by atoms with van der Waals surface area (Å²) in [5.41, 5.74) is 1.26. The number of hydrogen-bond acceptors (Lipinski definition) is 3. The summed E-state index contributed by atoms with van der Waals surface area (Å²) < 4.78 is 31.2. The molecule has 0 amide bonds. The lowest BCUT2D eigenvalue weighted by atomic mass is 10.1. The molecule has 2 aromatic rings. The van der Waals surface area contributed by atoms with Crippen LogP contribution in [0.3, 0.4) is 0 Å². The number of aryl methyl sites for hydroxylation is 1. The first-order chi connectivity index (χ1) is 11.1. The van der Waals surface area contributed by atoms with Crippen molar-refractivity contribution in [2.24, 2.45) is 12.5 Å². The summed E-state index contributed by atoms with van der Waals surface area (Å²) in [5, 5.41) is 0. The van der Waals surface area contributed by atoms with Crippen LogP contribution >= 0.6 is 0 Å². The summed E-state index contributed by atoms with van der Waals surface area (Å²) in [5.74, 6) is 0. The van der Waals surface area contributed by atoms with E-state index in [4.69, 9.17) is 0 Å². The summed E-state index contributed by atoms with van der Waals surface area (Å²) >= 11 is 0. The lowest BCUT2D eigenvalue weighted by Gasteiger charge is -2.13. The molecule has 0 saturated heterocycles. The minimum Gasteiger partial charge on any atom is -0.295 e. The first-order valence-electron chi connectivity index (χ1n) is 8.36. The Labute approximate surface area is 141 Å². The van der Waals surface area contributed by atoms with E-state index in [0.29, 0.717) is 12.1 Å². The Kier molecular flexibility index (Phi) is 3.13. The van der Waals surface area contributed by atoms with Gasteiger partial charge in [0.1, 0.15) is 0 Å². The fraction of sp³-hybridized carbons (Fsp3) is 0.588. The third-order valence-electron chi connectivity index (χ3n) is 5.45. The maximum Gasteiger partial charge on any atom is 0.328 e. The monoisotopic (exact) mass is 349 g/mol. The molecule has 1 aromatic heterocycles. The first-order valence-corrected chi connectivity index (χ1v) is 9.84. The summed E-state index contributed by atoms with van der Waals surface area (Å²) in [7, 11) is -1.87. The van der Waals surface area contributed by atoms with Gasteiger partial charge in [-0.3, -0.25) is 9.13 Å². The maximum absolute atomic E-state index is 12.6. The second-order valence-corrected chi connectivity index (χ2v) is 9.74. The molecule has 24 heavy (non-hydrogen) atoms. The van der Waals surface area contributed by atoms with Gasteiger partial charge in [0.25, 0.3) is 0 Å². The zero-order valence-electron chi connectivity index (χ0n) is 14.3. The van der Waals surface area contributed by atoms with Gasteiger partial charge in [-0.25, -0.2) is 17.9 Å². The molecule has 2 aliphatic carbocycles. The van der Waals surface area contributed by atoms with Crippen LogP contribution in [-0.2, 0) is 23.6 Å². The molecule has 2 aliphatic rings. The third-order valence-corrected chi connectivity index (χ3v) is 7.09. The van der Waals surface area contributed by atoms with E-state index < -0.39 is 10.0 Å². The number of benzene rings is 1. The van der Waals surface area contributed by atoms with E-state index in [-0.39, 0.29) is 21.5 Å². The van der Waals surface area contributed by atoms with Crippen LogP contribution in [0.15, 0.2) is 27.9 Å². The van der Waals surface area contributed by atoms with Crippen LogP contribution in [0.4, 0.5) is 0 Å². The van der Waals surface area contributed by atoms with Crippen molar-refractivity contribution in [3.05, 3.63) is 28.7 Å². The second-order valence-electron chi connectivity index (χ2n) is 8.06. The van der Waals surface area contributed by atoms with Gasteiger partial charge in [-0.1, -0.05) is 6.92 Å². The fourth-order valence-corrected chi connectivity index (χ4v) is 4.62. The molecule has 0 spiro atoms. The van der Waals surface area contributed by atoms with Crippen LogP contribution in [0.25, 0.3) is 11.0 Å². The minimum atomic E-state index is -3.56. The van der Waals surface area contributed by atoms with Crippen LogP contribution in [0.2, 0.25) is 0 Å². The van der Waals surface area contributed by atoms with E-state index >= 15 is 0 Å². The van der Waals surface area contributed by atoms with E-state index in [2.05, 4.69) is 11.6 Å². The number of rotatable bonds is 5. The van der Waals surface area contributed by atoms with Crippen molar-refractivity contribution in [1.29, 1.82) is 0 Å². The van der Waals surface area contributed by atoms with Crippen molar-refractivity contribution >= 4 is 21.1 Å². The van der Waals surface area contributed by atoms with Crippen molar-refractivity contribution in [3.8, 4) is 0 Å². The van der Waals surface area contributed by atoms with Gasteiger partial charge in [-0.15, -0.1) is 0 Å².